The smallest absolute Gasteiger partial charge is 0.0726 e. The Bertz CT molecular complexity index is 1290. The normalized spacial score (nSPS) is 11.1. The monoisotopic (exact) mass is 374 g/mol. The lowest BCUT2D eigenvalue weighted by atomic mass is 9.83. The average Bonchev–Trinajstić information content (AvgIpc) is 3.31. The lowest BCUT2D eigenvalue weighted by molar-refractivity contribution is 0.887. The fraction of sp³-hybridized carbons (Fsp3) is 0.0741. The third-order valence-electron chi connectivity index (χ3n) is 5.70. The van der Waals surface area contributed by atoms with E-state index >= 15 is 0 Å². The molecule has 0 atom stereocenters. The predicted molar refractivity (Wildman–Crippen MR) is 121 cm³/mol. The molecule has 0 fully saturated rings. The van der Waals surface area contributed by atoms with Crippen LogP contribution in [0.4, 0.5) is 0 Å². The van der Waals surface area contributed by atoms with Gasteiger partial charge in [-0.05, 0) is 64.7 Å². The molecule has 0 aliphatic carbocycles. The summed E-state index contributed by atoms with van der Waals surface area (Å²) >= 11 is 0. The van der Waals surface area contributed by atoms with Crippen LogP contribution in [0.5, 0.6) is 0 Å². The van der Waals surface area contributed by atoms with E-state index in [4.69, 9.17) is 0 Å². The van der Waals surface area contributed by atoms with Gasteiger partial charge in [-0.1, -0.05) is 72.8 Å². The van der Waals surface area contributed by atoms with Crippen LogP contribution in [0.25, 0.3) is 38.7 Å². The standard InChI is InChI=1S/C27H22N2/c1-19-23-15-9-16-24(29-18-10-17-28-29)27(23)20(2)26(22-13-7-4-8-14-22)25(19)21-11-5-3-6-12-21/h3-18H,1-2H3. The molecule has 29 heavy (non-hydrogen) atoms. The van der Waals surface area contributed by atoms with Gasteiger partial charge in [0.2, 0.25) is 0 Å². The number of hydrogen-bond acceptors (Lipinski definition) is 1. The molecule has 0 aliphatic rings. The zero-order chi connectivity index (χ0) is 19.8. The Kier molecular flexibility index (Phi) is 4.25. The first-order valence-corrected chi connectivity index (χ1v) is 9.92. The van der Waals surface area contributed by atoms with Crippen LogP contribution >= 0.6 is 0 Å². The number of benzene rings is 4. The first-order valence-electron chi connectivity index (χ1n) is 9.92. The third-order valence-corrected chi connectivity index (χ3v) is 5.70. The largest absolute Gasteiger partial charge is 0.240 e. The second kappa shape index (κ2) is 7.06. The van der Waals surface area contributed by atoms with Crippen LogP contribution in [0.15, 0.2) is 97.3 Å². The van der Waals surface area contributed by atoms with Crippen molar-refractivity contribution in [3.63, 3.8) is 0 Å². The van der Waals surface area contributed by atoms with Gasteiger partial charge < -0.3 is 0 Å². The Balaban J connectivity index is 1.96. The minimum atomic E-state index is 1.12. The zero-order valence-electron chi connectivity index (χ0n) is 16.6. The second-order valence-electron chi connectivity index (χ2n) is 7.38. The summed E-state index contributed by atoms with van der Waals surface area (Å²) in [6.07, 6.45) is 3.84. The fourth-order valence-corrected chi connectivity index (χ4v) is 4.41. The van der Waals surface area contributed by atoms with Gasteiger partial charge in [-0.2, -0.15) is 5.10 Å². The van der Waals surface area contributed by atoms with Crippen LogP contribution in [0, 0.1) is 13.8 Å². The summed E-state index contributed by atoms with van der Waals surface area (Å²) in [6, 6.07) is 29.9. The molecule has 5 aromatic rings. The summed E-state index contributed by atoms with van der Waals surface area (Å²) in [5, 5.41) is 7.04. The number of hydrogen-bond donors (Lipinski definition) is 0. The van der Waals surface area contributed by atoms with E-state index in [0.29, 0.717) is 0 Å². The number of nitrogens with zero attached hydrogens (tertiary/aromatic N) is 2. The molecule has 0 amide bonds. The van der Waals surface area contributed by atoms with Crippen molar-refractivity contribution in [1.29, 1.82) is 0 Å². The van der Waals surface area contributed by atoms with Gasteiger partial charge in [-0.25, -0.2) is 4.68 Å². The van der Waals surface area contributed by atoms with E-state index in [0.717, 1.165) is 5.69 Å². The first kappa shape index (κ1) is 17.4. The molecule has 0 bridgehead atoms. The van der Waals surface area contributed by atoms with Crippen LogP contribution in [-0.4, -0.2) is 9.78 Å². The van der Waals surface area contributed by atoms with Crippen molar-refractivity contribution >= 4 is 10.8 Å². The molecule has 0 saturated carbocycles. The Labute approximate surface area is 171 Å². The van der Waals surface area contributed by atoms with Gasteiger partial charge in [-0.3, -0.25) is 0 Å². The van der Waals surface area contributed by atoms with E-state index in [9.17, 15) is 0 Å². The molecule has 0 unspecified atom stereocenters. The average molecular weight is 374 g/mol. The molecule has 0 aliphatic heterocycles. The number of fused-ring (bicyclic) bond motifs is 1. The van der Waals surface area contributed by atoms with E-state index in [1.165, 1.54) is 44.2 Å². The van der Waals surface area contributed by atoms with Gasteiger partial charge >= 0.3 is 0 Å². The molecule has 0 radical (unpaired) electrons. The second-order valence-corrected chi connectivity index (χ2v) is 7.38. The van der Waals surface area contributed by atoms with Crippen LogP contribution in [0.2, 0.25) is 0 Å². The van der Waals surface area contributed by atoms with E-state index in [1.807, 2.05) is 23.1 Å². The zero-order valence-corrected chi connectivity index (χ0v) is 16.6. The van der Waals surface area contributed by atoms with Crippen molar-refractivity contribution in [2.24, 2.45) is 0 Å². The van der Waals surface area contributed by atoms with Crippen molar-refractivity contribution in [2.45, 2.75) is 13.8 Å². The maximum atomic E-state index is 4.51. The van der Waals surface area contributed by atoms with Gasteiger partial charge in [0.15, 0.2) is 0 Å². The molecular weight excluding hydrogens is 352 g/mol. The molecule has 4 aromatic carbocycles. The van der Waals surface area contributed by atoms with Crippen LogP contribution in [0.3, 0.4) is 0 Å². The topological polar surface area (TPSA) is 17.8 Å². The minimum Gasteiger partial charge on any atom is -0.240 e. The van der Waals surface area contributed by atoms with Crippen molar-refractivity contribution < 1.29 is 0 Å². The SMILES string of the molecule is Cc1c(-c2ccccc2)c(-c2ccccc2)c(C)c2c(-n3cccn3)cccc12. The van der Waals surface area contributed by atoms with Crippen molar-refractivity contribution in [3.05, 3.63) is 108 Å². The van der Waals surface area contributed by atoms with Crippen LogP contribution < -0.4 is 0 Å². The maximum Gasteiger partial charge on any atom is 0.0726 e. The van der Waals surface area contributed by atoms with E-state index in [1.54, 1.807) is 0 Å². The molecule has 140 valence electrons. The summed E-state index contributed by atoms with van der Waals surface area (Å²) < 4.78 is 1.96. The summed E-state index contributed by atoms with van der Waals surface area (Å²) in [4.78, 5) is 0. The molecule has 1 aromatic heterocycles. The van der Waals surface area contributed by atoms with Gasteiger partial charge in [0.25, 0.3) is 0 Å². The molecule has 1 heterocycles. The first-order chi connectivity index (χ1) is 14.3. The van der Waals surface area contributed by atoms with Crippen LogP contribution in [-0.2, 0) is 0 Å². The van der Waals surface area contributed by atoms with E-state index < -0.39 is 0 Å². The van der Waals surface area contributed by atoms with Crippen molar-refractivity contribution in [1.82, 2.24) is 9.78 Å². The maximum absolute atomic E-state index is 4.51. The van der Waals surface area contributed by atoms with Crippen LogP contribution in [0.1, 0.15) is 11.1 Å². The minimum absolute atomic E-state index is 1.12. The summed E-state index contributed by atoms with van der Waals surface area (Å²) in [6.45, 7) is 4.48. The lowest BCUT2D eigenvalue weighted by Gasteiger charge is -2.22. The van der Waals surface area contributed by atoms with Crippen molar-refractivity contribution in [2.75, 3.05) is 0 Å². The van der Waals surface area contributed by atoms with E-state index in [-0.39, 0.29) is 0 Å². The summed E-state index contributed by atoms with van der Waals surface area (Å²) in [7, 11) is 0. The summed E-state index contributed by atoms with van der Waals surface area (Å²) in [5.41, 5.74) is 8.78. The van der Waals surface area contributed by atoms with Gasteiger partial charge in [-0.15, -0.1) is 0 Å². The number of aryl methyl sites for hydroxylation is 2. The predicted octanol–water partition coefficient (Wildman–Crippen LogP) is 6.98. The molecule has 0 N–H and O–H groups in total. The molecule has 2 heteroatoms. The summed E-state index contributed by atoms with van der Waals surface area (Å²) in [5.74, 6) is 0. The van der Waals surface area contributed by atoms with E-state index in [2.05, 4.69) is 97.8 Å². The highest BCUT2D eigenvalue weighted by atomic mass is 15.3. The van der Waals surface area contributed by atoms with Gasteiger partial charge in [0.1, 0.15) is 0 Å². The molecular formula is C27H22N2. The highest BCUT2D eigenvalue weighted by molar-refractivity contribution is 6.06. The molecule has 5 rings (SSSR count). The molecule has 2 nitrogen and oxygen atoms in total. The quantitative estimate of drug-likeness (QED) is 0.333. The lowest BCUT2D eigenvalue weighted by Crippen LogP contribution is -2.01. The van der Waals surface area contributed by atoms with Gasteiger partial charge in [0.05, 0.1) is 5.69 Å². The fourth-order valence-electron chi connectivity index (χ4n) is 4.41. The molecule has 0 spiro atoms. The third kappa shape index (κ3) is 2.85. The number of aromatic nitrogens is 2. The molecule has 0 saturated heterocycles. The number of rotatable bonds is 3. The Morgan fingerprint density at radius 3 is 1.83 bits per heavy atom. The highest BCUT2D eigenvalue weighted by Gasteiger charge is 2.19. The van der Waals surface area contributed by atoms with Gasteiger partial charge in [0, 0.05) is 17.8 Å². The Morgan fingerprint density at radius 1 is 0.621 bits per heavy atom. The Morgan fingerprint density at radius 2 is 1.24 bits per heavy atom. The van der Waals surface area contributed by atoms with Crippen molar-refractivity contribution in [3.8, 4) is 27.9 Å². The highest BCUT2D eigenvalue weighted by Crippen LogP contribution is 2.43. The Hall–Kier alpha value is -3.65.